The Kier molecular flexibility index (Phi) is 8.60. The van der Waals surface area contributed by atoms with Gasteiger partial charge >= 0.3 is 17.9 Å². The molecule has 0 spiro atoms. The molecule has 9 heteroatoms. The van der Waals surface area contributed by atoms with Gasteiger partial charge in [0.05, 0.1) is 16.7 Å². The number of alkyl halides is 1. The number of esters is 3. The molecule has 1 heterocycles. The molecule has 0 aliphatic carbocycles. The number of ether oxygens (including phenoxy) is 5. The Labute approximate surface area is 212 Å². The van der Waals surface area contributed by atoms with Crippen LogP contribution in [0.4, 0.5) is 4.39 Å². The standard InChI is InChI=1S/C28H25FO8/c1-33-28-24(37-27(32)20-15-9-4-10-16-20)23(36-26(31)19-13-7-3-8-14-19)22(29)21(35-28)17-34-25(30)18-11-5-2-6-12-18/h2-16,21-24,28H,17H2,1H3/t21-,22-,23-,24+,28+/m1/s1. The van der Waals surface area contributed by atoms with Crippen molar-refractivity contribution in [2.45, 2.75) is 30.8 Å². The molecular formula is C28H25FO8. The first-order valence-corrected chi connectivity index (χ1v) is 11.5. The number of rotatable bonds is 8. The summed E-state index contributed by atoms with van der Waals surface area (Å²) in [5, 5.41) is 0. The summed E-state index contributed by atoms with van der Waals surface area (Å²) in [6.07, 6.45) is -7.75. The number of hydrogen-bond donors (Lipinski definition) is 0. The van der Waals surface area contributed by atoms with Gasteiger partial charge < -0.3 is 23.7 Å². The fourth-order valence-electron chi connectivity index (χ4n) is 3.80. The highest BCUT2D eigenvalue weighted by molar-refractivity contribution is 5.90. The van der Waals surface area contributed by atoms with E-state index in [0.717, 1.165) is 0 Å². The van der Waals surface area contributed by atoms with Crippen molar-refractivity contribution < 1.29 is 42.5 Å². The Morgan fingerprint density at radius 1 is 0.703 bits per heavy atom. The minimum Gasteiger partial charge on any atom is -0.459 e. The lowest BCUT2D eigenvalue weighted by Gasteiger charge is -2.41. The maximum Gasteiger partial charge on any atom is 0.338 e. The topological polar surface area (TPSA) is 97.4 Å². The van der Waals surface area contributed by atoms with Crippen molar-refractivity contribution in [1.29, 1.82) is 0 Å². The smallest absolute Gasteiger partial charge is 0.338 e. The van der Waals surface area contributed by atoms with Crippen molar-refractivity contribution in [2.75, 3.05) is 13.7 Å². The zero-order valence-corrected chi connectivity index (χ0v) is 19.9. The second-order valence-electron chi connectivity index (χ2n) is 8.16. The van der Waals surface area contributed by atoms with E-state index in [-0.39, 0.29) is 16.7 Å². The van der Waals surface area contributed by atoms with E-state index in [0.29, 0.717) is 0 Å². The summed E-state index contributed by atoms with van der Waals surface area (Å²) in [5.41, 5.74) is 0.661. The van der Waals surface area contributed by atoms with Crippen LogP contribution in [0, 0.1) is 0 Å². The first-order chi connectivity index (χ1) is 18.0. The molecule has 0 saturated carbocycles. The highest BCUT2D eigenvalue weighted by atomic mass is 19.1. The molecule has 1 aliphatic rings. The maximum atomic E-state index is 15.8. The summed E-state index contributed by atoms with van der Waals surface area (Å²) in [6, 6.07) is 24.2. The predicted molar refractivity (Wildman–Crippen MR) is 129 cm³/mol. The van der Waals surface area contributed by atoms with Crippen LogP contribution in [0.25, 0.3) is 0 Å². The summed E-state index contributed by atoms with van der Waals surface area (Å²) in [5.74, 6) is -2.29. The first-order valence-electron chi connectivity index (χ1n) is 11.5. The number of methoxy groups -OCH3 is 1. The zero-order valence-electron chi connectivity index (χ0n) is 19.9. The van der Waals surface area contributed by atoms with Gasteiger partial charge in [0, 0.05) is 7.11 Å². The Hall–Kier alpha value is -4.08. The monoisotopic (exact) mass is 508 g/mol. The third kappa shape index (κ3) is 6.38. The van der Waals surface area contributed by atoms with Crippen molar-refractivity contribution in [3.63, 3.8) is 0 Å². The van der Waals surface area contributed by atoms with Crippen LogP contribution < -0.4 is 0 Å². The summed E-state index contributed by atoms with van der Waals surface area (Å²) in [6.45, 7) is -0.493. The third-order valence-electron chi connectivity index (χ3n) is 5.70. The summed E-state index contributed by atoms with van der Waals surface area (Å²) < 4.78 is 43.1. The van der Waals surface area contributed by atoms with Gasteiger partial charge in [-0.2, -0.15) is 0 Å². The Bertz CT molecular complexity index is 1190. The van der Waals surface area contributed by atoms with E-state index in [4.69, 9.17) is 23.7 Å². The zero-order chi connectivity index (χ0) is 26.2. The normalized spacial score (nSPS) is 23.0. The molecule has 1 aliphatic heterocycles. The first kappa shape index (κ1) is 26.0. The quantitative estimate of drug-likeness (QED) is 0.333. The van der Waals surface area contributed by atoms with Gasteiger partial charge in [-0.15, -0.1) is 0 Å². The molecule has 1 fully saturated rings. The lowest BCUT2D eigenvalue weighted by Crippen LogP contribution is -2.60. The lowest BCUT2D eigenvalue weighted by atomic mass is 9.99. The van der Waals surface area contributed by atoms with Crippen LogP contribution in [0.2, 0.25) is 0 Å². The van der Waals surface area contributed by atoms with Gasteiger partial charge in [-0.1, -0.05) is 54.6 Å². The maximum absolute atomic E-state index is 15.8. The van der Waals surface area contributed by atoms with E-state index in [1.807, 2.05) is 0 Å². The largest absolute Gasteiger partial charge is 0.459 e. The van der Waals surface area contributed by atoms with E-state index in [2.05, 4.69) is 0 Å². The SMILES string of the molecule is CO[C@H]1O[C@H](COC(=O)c2ccccc2)[C@@H](F)[C@@H](OC(=O)c2ccccc2)[C@@H]1OC(=O)c1ccccc1. The molecule has 1 saturated heterocycles. The van der Waals surface area contributed by atoms with E-state index < -0.39 is 55.3 Å². The van der Waals surface area contributed by atoms with Crippen LogP contribution in [-0.4, -0.2) is 62.4 Å². The number of halogens is 1. The van der Waals surface area contributed by atoms with Crippen LogP contribution in [0.5, 0.6) is 0 Å². The molecule has 0 amide bonds. The molecule has 0 aromatic heterocycles. The fourth-order valence-corrected chi connectivity index (χ4v) is 3.80. The van der Waals surface area contributed by atoms with Crippen LogP contribution in [-0.2, 0) is 23.7 Å². The Morgan fingerprint density at radius 3 is 1.59 bits per heavy atom. The molecule has 3 aromatic rings. The minimum atomic E-state index is -2.02. The van der Waals surface area contributed by atoms with Crippen LogP contribution in [0.15, 0.2) is 91.0 Å². The van der Waals surface area contributed by atoms with E-state index in [1.54, 1.807) is 66.7 Å². The summed E-state index contributed by atoms with van der Waals surface area (Å²) in [4.78, 5) is 38.0. The molecule has 37 heavy (non-hydrogen) atoms. The average molecular weight is 508 g/mol. The third-order valence-corrected chi connectivity index (χ3v) is 5.70. The van der Waals surface area contributed by atoms with E-state index in [1.165, 1.54) is 31.4 Å². The van der Waals surface area contributed by atoms with Crippen LogP contribution in [0.1, 0.15) is 31.1 Å². The molecule has 8 nitrogen and oxygen atoms in total. The summed E-state index contributed by atoms with van der Waals surface area (Å²) >= 11 is 0. The Morgan fingerprint density at radius 2 is 1.14 bits per heavy atom. The van der Waals surface area contributed by atoms with Gasteiger partial charge in [-0.05, 0) is 36.4 Å². The fraction of sp³-hybridized carbons (Fsp3) is 0.250. The summed E-state index contributed by atoms with van der Waals surface area (Å²) in [7, 11) is 1.27. The van der Waals surface area contributed by atoms with Gasteiger partial charge in [0.1, 0.15) is 12.7 Å². The molecular weight excluding hydrogens is 483 g/mol. The van der Waals surface area contributed by atoms with Gasteiger partial charge in [-0.25, -0.2) is 18.8 Å². The van der Waals surface area contributed by atoms with Crippen molar-refractivity contribution in [3.8, 4) is 0 Å². The molecule has 4 rings (SSSR count). The molecule has 0 unspecified atom stereocenters. The molecule has 5 atom stereocenters. The molecule has 0 radical (unpaired) electrons. The van der Waals surface area contributed by atoms with Gasteiger partial charge in [0.25, 0.3) is 0 Å². The van der Waals surface area contributed by atoms with Crippen molar-refractivity contribution in [1.82, 2.24) is 0 Å². The molecule has 192 valence electrons. The van der Waals surface area contributed by atoms with Crippen LogP contribution >= 0.6 is 0 Å². The van der Waals surface area contributed by atoms with E-state index >= 15 is 4.39 Å². The number of hydrogen-bond acceptors (Lipinski definition) is 8. The van der Waals surface area contributed by atoms with Crippen molar-refractivity contribution >= 4 is 17.9 Å². The molecule has 0 bridgehead atoms. The average Bonchev–Trinajstić information content (AvgIpc) is 2.95. The van der Waals surface area contributed by atoms with Crippen molar-refractivity contribution in [2.24, 2.45) is 0 Å². The van der Waals surface area contributed by atoms with Gasteiger partial charge in [0.2, 0.25) is 0 Å². The predicted octanol–water partition coefficient (Wildman–Crippen LogP) is 4.00. The highest BCUT2D eigenvalue weighted by Crippen LogP contribution is 2.30. The van der Waals surface area contributed by atoms with Gasteiger partial charge in [0.15, 0.2) is 24.7 Å². The molecule has 3 aromatic carbocycles. The van der Waals surface area contributed by atoms with Gasteiger partial charge in [-0.3, -0.25) is 0 Å². The number of benzene rings is 3. The second-order valence-corrected chi connectivity index (χ2v) is 8.16. The lowest BCUT2D eigenvalue weighted by molar-refractivity contribution is -0.282. The Balaban J connectivity index is 1.55. The number of carbonyl (C=O) groups excluding carboxylic acids is 3. The molecule has 0 N–H and O–H groups in total. The van der Waals surface area contributed by atoms with Crippen LogP contribution in [0.3, 0.4) is 0 Å². The second kappa shape index (κ2) is 12.2. The van der Waals surface area contributed by atoms with E-state index in [9.17, 15) is 14.4 Å². The van der Waals surface area contributed by atoms with Crippen molar-refractivity contribution in [3.05, 3.63) is 108 Å². The highest BCUT2D eigenvalue weighted by Gasteiger charge is 2.51. The minimum absolute atomic E-state index is 0.176. The number of carbonyl (C=O) groups is 3.